The van der Waals surface area contributed by atoms with Crippen molar-refractivity contribution < 1.29 is 0 Å². The molecule has 2 rings (SSSR count). The molecule has 84 valence electrons. The maximum absolute atomic E-state index is 8.96. The molecule has 4 heteroatoms. The molecule has 1 aromatic heterocycles. The van der Waals surface area contributed by atoms with E-state index in [0.29, 0.717) is 11.7 Å². The average Bonchev–Trinajstić information content (AvgIpc) is 2.30. The molecule has 1 saturated heterocycles. The summed E-state index contributed by atoms with van der Waals surface area (Å²) < 4.78 is 0. The van der Waals surface area contributed by atoms with Crippen molar-refractivity contribution in [3.8, 4) is 6.07 Å². The molecule has 1 aromatic rings. The molecule has 0 aromatic carbocycles. The Morgan fingerprint density at radius 3 is 3.31 bits per heavy atom. The maximum atomic E-state index is 8.96. The Labute approximate surface area is 95.9 Å². The number of rotatable bonds is 2. The molecule has 0 aliphatic carbocycles. The van der Waals surface area contributed by atoms with E-state index in [1.165, 1.54) is 0 Å². The van der Waals surface area contributed by atoms with E-state index < -0.39 is 0 Å². The monoisotopic (exact) mass is 216 g/mol. The second-order valence-electron chi connectivity index (χ2n) is 4.21. The summed E-state index contributed by atoms with van der Waals surface area (Å²) in [5.41, 5.74) is 1.58. The highest BCUT2D eigenvalue weighted by atomic mass is 15.2. The van der Waals surface area contributed by atoms with Crippen molar-refractivity contribution in [3.05, 3.63) is 29.6 Å². The van der Waals surface area contributed by atoms with Crippen molar-refractivity contribution in [2.75, 3.05) is 19.6 Å². The van der Waals surface area contributed by atoms with Crippen LogP contribution < -0.4 is 5.32 Å². The van der Waals surface area contributed by atoms with Crippen LogP contribution in [0.15, 0.2) is 18.3 Å². The Kier molecular flexibility index (Phi) is 3.50. The Morgan fingerprint density at radius 1 is 1.69 bits per heavy atom. The van der Waals surface area contributed by atoms with Crippen LogP contribution in [0, 0.1) is 11.3 Å². The Bertz CT molecular complexity index is 396. The molecule has 1 aliphatic rings. The van der Waals surface area contributed by atoms with Gasteiger partial charge in [-0.3, -0.25) is 4.90 Å². The number of hydrogen-bond donors (Lipinski definition) is 1. The summed E-state index contributed by atoms with van der Waals surface area (Å²) >= 11 is 0. The second kappa shape index (κ2) is 5.06. The van der Waals surface area contributed by atoms with E-state index in [4.69, 9.17) is 5.26 Å². The van der Waals surface area contributed by atoms with Crippen LogP contribution in [-0.2, 0) is 6.54 Å². The van der Waals surface area contributed by atoms with Crippen molar-refractivity contribution in [3.63, 3.8) is 0 Å². The third kappa shape index (κ3) is 2.57. The van der Waals surface area contributed by atoms with E-state index in [2.05, 4.69) is 28.2 Å². The first-order valence-electron chi connectivity index (χ1n) is 5.59. The van der Waals surface area contributed by atoms with Gasteiger partial charge >= 0.3 is 0 Å². The lowest BCUT2D eigenvalue weighted by atomic mass is 10.1. The van der Waals surface area contributed by atoms with E-state index >= 15 is 0 Å². The zero-order valence-corrected chi connectivity index (χ0v) is 9.48. The van der Waals surface area contributed by atoms with Crippen molar-refractivity contribution >= 4 is 0 Å². The fourth-order valence-electron chi connectivity index (χ4n) is 2.06. The van der Waals surface area contributed by atoms with Crippen molar-refractivity contribution in [1.82, 2.24) is 15.2 Å². The van der Waals surface area contributed by atoms with Crippen LogP contribution in [0.25, 0.3) is 0 Å². The maximum Gasteiger partial charge on any atom is 0.144 e. The number of nitriles is 1. The fourth-order valence-corrected chi connectivity index (χ4v) is 2.06. The normalized spacial score (nSPS) is 21.6. The van der Waals surface area contributed by atoms with Gasteiger partial charge in [0.25, 0.3) is 0 Å². The van der Waals surface area contributed by atoms with Crippen LogP contribution in [0.3, 0.4) is 0 Å². The van der Waals surface area contributed by atoms with Gasteiger partial charge < -0.3 is 5.32 Å². The topological polar surface area (TPSA) is 52.0 Å². The van der Waals surface area contributed by atoms with Gasteiger partial charge in [-0.2, -0.15) is 5.26 Å². The quantitative estimate of drug-likeness (QED) is 0.792. The van der Waals surface area contributed by atoms with Crippen LogP contribution in [0.2, 0.25) is 0 Å². The van der Waals surface area contributed by atoms with E-state index in [-0.39, 0.29) is 0 Å². The molecule has 1 atom stereocenters. The minimum atomic E-state index is 0.524. The second-order valence-corrected chi connectivity index (χ2v) is 4.21. The third-order valence-electron chi connectivity index (χ3n) is 2.84. The van der Waals surface area contributed by atoms with Crippen LogP contribution in [0.5, 0.6) is 0 Å². The van der Waals surface area contributed by atoms with Gasteiger partial charge in [-0.1, -0.05) is 6.07 Å². The van der Waals surface area contributed by atoms with Crippen LogP contribution in [0.1, 0.15) is 18.2 Å². The zero-order chi connectivity index (χ0) is 11.4. The minimum absolute atomic E-state index is 0.524. The van der Waals surface area contributed by atoms with Gasteiger partial charge in [-0.05, 0) is 13.0 Å². The molecule has 2 heterocycles. The largest absolute Gasteiger partial charge is 0.312 e. The number of nitrogens with one attached hydrogen (secondary N) is 1. The van der Waals surface area contributed by atoms with Gasteiger partial charge in [0, 0.05) is 44.0 Å². The van der Waals surface area contributed by atoms with Gasteiger partial charge in [0.2, 0.25) is 0 Å². The lowest BCUT2D eigenvalue weighted by Crippen LogP contribution is -2.48. The summed E-state index contributed by atoms with van der Waals surface area (Å²) in [5, 5.41) is 12.4. The van der Waals surface area contributed by atoms with Crippen LogP contribution in [0.4, 0.5) is 0 Å². The third-order valence-corrected chi connectivity index (χ3v) is 2.84. The van der Waals surface area contributed by atoms with Crippen molar-refractivity contribution in [1.29, 1.82) is 5.26 Å². The van der Waals surface area contributed by atoms with Gasteiger partial charge in [0.1, 0.15) is 11.8 Å². The minimum Gasteiger partial charge on any atom is -0.312 e. The molecular weight excluding hydrogens is 200 g/mol. The molecule has 1 N–H and O–H groups in total. The average molecular weight is 216 g/mol. The SMILES string of the molecule is C[C@H]1CN(Cc2cccnc2C#N)CCN1. The molecule has 0 bridgehead atoms. The first kappa shape index (κ1) is 11.1. The zero-order valence-electron chi connectivity index (χ0n) is 9.48. The summed E-state index contributed by atoms with van der Waals surface area (Å²) in [7, 11) is 0. The fraction of sp³-hybridized carbons (Fsp3) is 0.500. The van der Waals surface area contributed by atoms with Gasteiger partial charge in [-0.25, -0.2) is 4.98 Å². The Morgan fingerprint density at radius 2 is 2.56 bits per heavy atom. The molecule has 4 nitrogen and oxygen atoms in total. The molecule has 1 fully saturated rings. The molecule has 0 amide bonds. The lowest BCUT2D eigenvalue weighted by Gasteiger charge is -2.31. The number of piperazine rings is 1. The van der Waals surface area contributed by atoms with Crippen molar-refractivity contribution in [2.45, 2.75) is 19.5 Å². The molecular formula is C12H16N4. The highest BCUT2D eigenvalue weighted by Crippen LogP contribution is 2.10. The predicted octanol–water partition coefficient (Wildman–Crippen LogP) is 0.747. The number of hydrogen-bond acceptors (Lipinski definition) is 4. The molecule has 1 aliphatic heterocycles. The van der Waals surface area contributed by atoms with E-state index in [1.54, 1.807) is 6.20 Å². The Balaban J connectivity index is 2.06. The van der Waals surface area contributed by atoms with Gasteiger partial charge in [0.15, 0.2) is 0 Å². The number of aromatic nitrogens is 1. The number of nitrogens with zero attached hydrogens (tertiary/aromatic N) is 3. The summed E-state index contributed by atoms with van der Waals surface area (Å²) in [6.07, 6.45) is 1.67. The summed E-state index contributed by atoms with van der Waals surface area (Å²) in [4.78, 5) is 6.44. The first-order valence-corrected chi connectivity index (χ1v) is 5.59. The van der Waals surface area contributed by atoms with E-state index in [1.807, 2.05) is 12.1 Å². The highest BCUT2D eigenvalue weighted by Gasteiger charge is 2.16. The summed E-state index contributed by atoms with van der Waals surface area (Å²) in [6.45, 7) is 6.08. The summed E-state index contributed by atoms with van der Waals surface area (Å²) in [6, 6.07) is 6.54. The van der Waals surface area contributed by atoms with Gasteiger partial charge in [0.05, 0.1) is 0 Å². The van der Waals surface area contributed by atoms with Gasteiger partial charge in [-0.15, -0.1) is 0 Å². The Hall–Kier alpha value is -1.44. The molecule has 0 saturated carbocycles. The molecule has 16 heavy (non-hydrogen) atoms. The standard InChI is InChI=1S/C12H16N4/c1-10-8-16(6-5-14-10)9-11-3-2-4-15-12(11)7-13/h2-4,10,14H,5-6,8-9H2,1H3/t10-/m0/s1. The summed E-state index contributed by atoms with van der Waals surface area (Å²) in [5.74, 6) is 0. The van der Waals surface area contributed by atoms with Crippen LogP contribution in [-0.4, -0.2) is 35.6 Å². The smallest absolute Gasteiger partial charge is 0.144 e. The van der Waals surface area contributed by atoms with E-state index in [0.717, 1.165) is 31.7 Å². The highest BCUT2D eigenvalue weighted by molar-refractivity contribution is 5.30. The first-order chi connectivity index (χ1) is 7.79. The van der Waals surface area contributed by atoms with Crippen LogP contribution >= 0.6 is 0 Å². The van der Waals surface area contributed by atoms with Crippen molar-refractivity contribution in [2.24, 2.45) is 0 Å². The number of pyridine rings is 1. The molecule has 0 unspecified atom stereocenters. The molecule has 0 radical (unpaired) electrons. The lowest BCUT2D eigenvalue weighted by molar-refractivity contribution is 0.199. The molecule has 0 spiro atoms. The predicted molar refractivity (Wildman–Crippen MR) is 61.7 cm³/mol. The van der Waals surface area contributed by atoms with E-state index in [9.17, 15) is 0 Å².